The predicted octanol–water partition coefficient (Wildman–Crippen LogP) is 2.80. The van der Waals surface area contributed by atoms with E-state index in [9.17, 15) is 4.39 Å². The van der Waals surface area contributed by atoms with Crippen LogP contribution in [-0.2, 0) is 11.3 Å². The summed E-state index contributed by atoms with van der Waals surface area (Å²) in [6, 6.07) is 5.35. The third kappa shape index (κ3) is 4.18. The molecule has 1 N–H and O–H groups in total. The van der Waals surface area contributed by atoms with E-state index >= 15 is 0 Å². The Labute approximate surface area is 121 Å². The monoisotopic (exact) mass is 280 g/mol. The minimum atomic E-state index is -0.121. The Morgan fingerprint density at radius 1 is 1.30 bits per heavy atom. The number of nitrogens with one attached hydrogen (secondary N) is 1. The quantitative estimate of drug-likeness (QED) is 0.897. The second-order valence-electron chi connectivity index (χ2n) is 5.72. The molecule has 0 spiro atoms. The molecule has 1 saturated heterocycles. The summed E-state index contributed by atoms with van der Waals surface area (Å²) in [6.07, 6.45) is 0.995. The van der Waals surface area contributed by atoms with Crippen LogP contribution in [0.15, 0.2) is 18.2 Å². The van der Waals surface area contributed by atoms with Crippen molar-refractivity contribution < 1.29 is 9.13 Å². The summed E-state index contributed by atoms with van der Waals surface area (Å²) in [5.41, 5.74) is 1.78. The standard InChI is InChI=1S/C16H25FN2O/c1-13(2)11-18-12-14-15(17)5-3-6-16(14)19-7-4-9-20-10-8-19/h3,5-6,13,18H,4,7-12H2,1-2H3. The highest BCUT2D eigenvalue weighted by atomic mass is 19.1. The van der Waals surface area contributed by atoms with Crippen molar-refractivity contribution in [3.8, 4) is 0 Å². The molecule has 0 aromatic heterocycles. The third-order valence-corrected chi connectivity index (χ3v) is 3.51. The molecule has 1 aliphatic heterocycles. The number of halogens is 1. The van der Waals surface area contributed by atoms with Gasteiger partial charge < -0.3 is 15.0 Å². The first-order valence-electron chi connectivity index (χ1n) is 7.49. The van der Waals surface area contributed by atoms with Crippen LogP contribution in [0.4, 0.5) is 10.1 Å². The highest BCUT2D eigenvalue weighted by Crippen LogP contribution is 2.24. The molecule has 0 unspecified atom stereocenters. The van der Waals surface area contributed by atoms with Gasteiger partial charge in [0.05, 0.1) is 6.61 Å². The van der Waals surface area contributed by atoms with Crippen molar-refractivity contribution in [2.75, 3.05) is 37.7 Å². The summed E-state index contributed by atoms with van der Waals surface area (Å²) < 4.78 is 19.6. The van der Waals surface area contributed by atoms with Gasteiger partial charge in [0.1, 0.15) is 5.82 Å². The zero-order valence-electron chi connectivity index (χ0n) is 12.5. The highest BCUT2D eigenvalue weighted by molar-refractivity contribution is 5.54. The Balaban J connectivity index is 2.12. The molecule has 1 fully saturated rings. The van der Waals surface area contributed by atoms with Gasteiger partial charge in [0.25, 0.3) is 0 Å². The van der Waals surface area contributed by atoms with Crippen molar-refractivity contribution in [1.82, 2.24) is 5.32 Å². The Kier molecular flexibility index (Phi) is 5.80. The maximum atomic E-state index is 14.1. The lowest BCUT2D eigenvalue weighted by atomic mass is 10.1. The SMILES string of the molecule is CC(C)CNCc1c(F)cccc1N1CCCOCC1. The lowest BCUT2D eigenvalue weighted by Crippen LogP contribution is -2.29. The molecule has 1 aromatic carbocycles. The summed E-state index contributed by atoms with van der Waals surface area (Å²) in [5.74, 6) is 0.445. The fourth-order valence-electron chi connectivity index (χ4n) is 2.49. The number of anilines is 1. The number of ether oxygens (including phenoxy) is 1. The number of rotatable bonds is 5. The van der Waals surface area contributed by atoms with Gasteiger partial charge in [-0.15, -0.1) is 0 Å². The van der Waals surface area contributed by atoms with Crippen LogP contribution >= 0.6 is 0 Å². The molecule has 2 rings (SSSR count). The number of benzene rings is 1. The highest BCUT2D eigenvalue weighted by Gasteiger charge is 2.16. The molecule has 0 aliphatic carbocycles. The molecule has 3 nitrogen and oxygen atoms in total. The van der Waals surface area contributed by atoms with E-state index in [0.717, 1.165) is 50.5 Å². The average Bonchev–Trinajstić information content (AvgIpc) is 2.69. The van der Waals surface area contributed by atoms with E-state index in [2.05, 4.69) is 24.1 Å². The molecule has 1 aliphatic rings. The van der Waals surface area contributed by atoms with E-state index in [0.29, 0.717) is 12.5 Å². The number of hydrogen-bond donors (Lipinski definition) is 1. The topological polar surface area (TPSA) is 24.5 Å². The van der Waals surface area contributed by atoms with E-state index in [1.54, 1.807) is 12.1 Å². The Morgan fingerprint density at radius 2 is 2.15 bits per heavy atom. The largest absolute Gasteiger partial charge is 0.380 e. The van der Waals surface area contributed by atoms with E-state index < -0.39 is 0 Å². The Bertz CT molecular complexity index is 415. The van der Waals surface area contributed by atoms with E-state index in [-0.39, 0.29) is 5.82 Å². The summed E-state index contributed by atoms with van der Waals surface area (Å²) in [5, 5.41) is 3.34. The van der Waals surface area contributed by atoms with Gasteiger partial charge in [0, 0.05) is 37.5 Å². The molecule has 0 bridgehead atoms. The van der Waals surface area contributed by atoms with Crippen molar-refractivity contribution in [2.45, 2.75) is 26.8 Å². The molecule has 112 valence electrons. The van der Waals surface area contributed by atoms with Crippen LogP contribution in [0.5, 0.6) is 0 Å². The van der Waals surface area contributed by atoms with Gasteiger partial charge in [-0.25, -0.2) is 4.39 Å². The molecular weight excluding hydrogens is 255 g/mol. The maximum absolute atomic E-state index is 14.1. The molecular formula is C16H25FN2O. The van der Waals surface area contributed by atoms with E-state index in [4.69, 9.17) is 4.74 Å². The van der Waals surface area contributed by atoms with Crippen LogP contribution in [0.1, 0.15) is 25.8 Å². The summed E-state index contributed by atoms with van der Waals surface area (Å²) in [7, 11) is 0. The number of hydrogen-bond acceptors (Lipinski definition) is 3. The first-order chi connectivity index (χ1) is 9.68. The molecule has 0 atom stereocenters. The van der Waals surface area contributed by atoms with Crippen LogP contribution in [-0.4, -0.2) is 32.8 Å². The minimum Gasteiger partial charge on any atom is -0.380 e. The van der Waals surface area contributed by atoms with Gasteiger partial charge in [-0.2, -0.15) is 0 Å². The average molecular weight is 280 g/mol. The molecule has 0 amide bonds. The van der Waals surface area contributed by atoms with Crippen LogP contribution in [0.2, 0.25) is 0 Å². The van der Waals surface area contributed by atoms with Crippen molar-refractivity contribution in [3.05, 3.63) is 29.6 Å². The minimum absolute atomic E-state index is 0.121. The summed E-state index contributed by atoms with van der Waals surface area (Å²) >= 11 is 0. The molecule has 0 saturated carbocycles. The molecule has 0 radical (unpaired) electrons. The second-order valence-corrected chi connectivity index (χ2v) is 5.72. The van der Waals surface area contributed by atoms with Gasteiger partial charge in [0.15, 0.2) is 0 Å². The molecule has 1 aromatic rings. The zero-order chi connectivity index (χ0) is 14.4. The van der Waals surface area contributed by atoms with Gasteiger partial charge >= 0.3 is 0 Å². The maximum Gasteiger partial charge on any atom is 0.129 e. The van der Waals surface area contributed by atoms with Gasteiger partial charge in [-0.3, -0.25) is 0 Å². The van der Waals surface area contributed by atoms with Crippen LogP contribution < -0.4 is 10.2 Å². The molecule has 1 heterocycles. The Hall–Kier alpha value is -1.13. The van der Waals surface area contributed by atoms with E-state index in [1.807, 2.05) is 6.07 Å². The van der Waals surface area contributed by atoms with E-state index in [1.165, 1.54) is 0 Å². The van der Waals surface area contributed by atoms with Crippen LogP contribution in [0.25, 0.3) is 0 Å². The van der Waals surface area contributed by atoms with Crippen LogP contribution in [0, 0.1) is 11.7 Å². The number of nitrogens with zero attached hydrogens (tertiary/aromatic N) is 1. The van der Waals surface area contributed by atoms with Gasteiger partial charge in [-0.1, -0.05) is 19.9 Å². The lowest BCUT2D eigenvalue weighted by molar-refractivity contribution is 0.152. The normalized spacial score (nSPS) is 16.5. The summed E-state index contributed by atoms with van der Waals surface area (Å²) in [4.78, 5) is 2.24. The molecule has 4 heteroatoms. The van der Waals surface area contributed by atoms with Crippen molar-refractivity contribution in [2.24, 2.45) is 5.92 Å². The third-order valence-electron chi connectivity index (χ3n) is 3.51. The fourth-order valence-corrected chi connectivity index (χ4v) is 2.49. The first-order valence-corrected chi connectivity index (χ1v) is 7.49. The Morgan fingerprint density at radius 3 is 2.95 bits per heavy atom. The van der Waals surface area contributed by atoms with Gasteiger partial charge in [-0.05, 0) is 31.0 Å². The van der Waals surface area contributed by atoms with Gasteiger partial charge in [0.2, 0.25) is 0 Å². The van der Waals surface area contributed by atoms with Crippen LogP contribution in [0.3, 0.4) is 0 Å². The second kappa shape index (κ2) is 7.60. The van der Waals surface area contributed by atoms with Crippen molar-refractivity contribution in [3.63, 3.8) is 0 Å². The smallest absolute Gasteiger partial charge is 0.129 e. The first kappa shape index (κ1) is 15.3. The molecule has 20 heavy (non-hydrogen) atoms. The van der Waals surface area contributed by atoms with Crippen molar-refractivity contribution >= 4 is 5.69 Å². The lowest BCUT2D eigenvalue weighted by Gasteiger charge is -2.25. The fraction of sp³-hybridized carbons (Fsp3) is 0.625. The van der Waals surface area contributed by atoms with Crippen molar-refractivity contribution in [1.29, 1.82) is 0 Å². The summed E-state index contributed by atoms with van der Waals surface area (Å²) in [6.45, 7) is 9.07. The predicted molar refractivity (Wildman–Crippen MR) is 80.6 cm³/mol. The zero-order valence-corrected chi connectivity index (χ0v) is 12.5.